The number of hydrogen-bond donors (Lipinski definition) is 0. The van der Waals surface area contributed by atoms with Gasteiger partial charge in [0.15, 0.2) is 0 Å². The van der Waals surface area contributed by atoms with Crippen molar-refractivity contribution < 1.29 is 4.79 Å². The molecule has 1 aliphatic carbocycles. The fourth-order valence-electron chi connectivity index (χ4n) is 2.07. The molecule has 0 aromatic heterocycles. The van der Waals surface area contributed by atoms with Crippen LogP contribution in [0.1, 0.15) is 70.6 Å². The van der Waals surface area contributed by atoms with Crippen molar-refractivity contribution in [3.05, 3.63) is 12.2 Å². The van der Waals surface area contributed by atoms with Gasteiger partial charge in [-0.3, -0.25) is 4.79 Å². The normalized spacial score (nSPS) is 22.3. The third-order valence-corrected chi connectivity index (χ3v) is 3.08. The first kappa shape index (κ1) is 12.5. The molecule has 0 N–H and O–H groups in total. The van der Waals surface area contributed by atoms with Crippen molar-refractivity contribution in [1.82, 2.24) is 0 Å². The van der Waals surface area contributed by atoms with E-state index < -0.39 is 0 Å². The van der Waals surface area contributed by atoms with Crippen molar-refractivity contribution in [2.75, 3.05) is 0 Å². The Balaban J connectivity index is 2.22. The van der Waals surface area contributed by atoms with Crippen LogP contribution in [0.15, 0.2) is 12.2 Å². The van der Waals surface area contributed by atoms with Crippen LogP contribution in [0.2, 0.25) is 0 Å². The highest BCUT2D eigenvalue weighted by Gasteiger charge is 2.00. The van der Waals surface area contributed by atoms with Gasteiger partial charge in [0.25, 0.3) is 0 Å². The minimum Gasteiger partial charge on any atom is -0.300 e. The van der Waals surface area contributed by atoms with Crippen molar-refractivity contribution in [3.8, 4) is 0 Å². The van der Waals surface area contributed by atoms with E-state index in [0.717, 1.165) is 25.7 Å². The fraction of sp³-hybridized carbons (Fsp3) is 0.786. The van der Waals surface area contributed by atoms with E-state index in [1.54, 1.807) is 0 Å². The van der Waals surface area contributed by atoms with E-state index in [-0.39, 0.29) is 0 Å². The predicted octanol–water partition coefficient (Wildman–Crippen LogP) is 4.42. The Kier molecular flexibility index (Phi) is 7.24. The Morgan fingerprint density at radius 1 is 0.667 bits per heavy atom. The number of carbonyl (C=O) groups excluding carboxylic acids is 1. The number of carbonyl (C=O) groups is 1. The third-order valence-electron chi connectivity index (χ3n) is 3.08. The highest BCUT2D eigenvalue weighted by molar-refractivity contribution is 5.78. The molecule has 0 aromatic carbocycles. The molecular weight excluding hydrogens is 184 g/mol. The molecule has 0 heterocycles. The van der Waals surface area contributed by atoms with E-state index in [2.05, 4.69) is 12.2 Å². The molecule has 0 aromatic rings. The molecule has 0 saturated heterocycles. The Bertz CT molecular complexity index is 194. The smallest absolute Gasteiger partial charge is 0.133 e. The van der Waals surface area contributed by atoms with Gasteiger partial charge < -0.3 is 0 Å². The van der Waals surface area contributed by atoms with Crippen molar-refractivity contribution in [1.29, 1.82) is 0 Å². The number of hydrogen-bond acceptors (Lipinski definition) is 1. The van der Waals surface area contributed by atoms with Crippen LogP contribution in [0, 0.1) is 0 Å². The van der Waals surface area contributed by atoms with E-state index in [9.17, 15) is 4.79 Å². The quantitative estimate of drug-likeness (QED) is 0.539. The third kappa shape index (κ3) is 7.35. The van der Waals surface area contributed by atoms with Crippen molar-refractivity contribution in [2.24, 2.45) is 0 Å². The molecule has 0 atom stereocenters. The van der Waals surface area contributed by atoms with Crippen LogP contribution in [0.25, 0.3) is 0 Å². The average Bonchev–Trinajstić information content (AvgIpc) is 2.24. The van der Waals surface area contributed by atoms with Gasteiger partial charge in [-0.15, -0.1) is 0 Å². The number of allylic oxidation sites excluding steroid dienone is 2. The maximum absolute atomic E-state index is 11.4. The standard InChI is InChI=1S/C14H24O/c15-14-12-10-8-6-4-2-1-3-5-7-9-11-13-14/h6,8H,1-5,7,9-13H2. The van der Waals surface area contributed by atoms with E-state index in [1.807, 2.05) is 0 Å². The molecule has 0 bridgehead atoms. The molecule has 15 heavy (non-hydrogen) atoms. The summed E-state index contributed by atoms with van der Waals surface area (Å²) in [5, 5.41) is 0. The van der Waals surface area contributed by atoms with Gasteiger partial charge in [-0.1, -0.05) is 44.3 Å². The summed E-state index contributed by atoms with van der Waals surface area (Å²) >= 11 is 0. The molecule has 0 amide bonds. The minimum absolute atomic E-state index is 0.455. The molecule has 0 spiro atoms. The second-order valence-electron chi connectivity index (χ2n) is 4.56. The first-order chi connectivity index (χ1) is 7.39. The molecule has 0 fully saturated rings. The number of Topliss-reactive ketones (excluding diaryl/α,β-unsaturated/α-hetero) is 1. The summed E-state index contributed by atoms with van der Waals surface area (Å²) in [6.07, 6.45) is 17.3. The van der Waals surface area contributed by atoms with Crippen LogP contribution in [0.5, 0.6) is 0 Å². The van der Waals surface area contributed by atoms with Gasteiger partial charge >= 0.3 is 0 Å². The summed E-state index contributed by atoms with van der Waals surface area (Å²) in [6, 6.07) is 0. The van der Waals surface area contributed by atoms with Crippen LogP contribution >= 0.6 is 0 Å². The van der Waals surface area contributed by atoms with Gasteiger partial charge in [-0.2, -0.15) is 0 Å². The lowest BCUT2D eigenvalue weighted by molar-refractivity contribution is -0.119. The molecular formula is C14H24O. The molecule has 0 radical (unpaired) electrons. The molecule has 0 unspecified atom stereocenters. The Morgan fingerprint density at radius 2 is 1.27 bits per heavy atom. The van der Waals surface area contributed by atoms with Crippen molar-refractivity contribution in [2.45, 2.75) is 70.6 Å². The molecule has 1 aliphatic rings. The molecule has 1 heteroatoms. The van der Waals surface area contributed by atoms with Gasteiger partial charge in [0.2, 0.25) is 0 Å². The molecule has 1 nitrogen and oxygen atoms in total. The maximum Gasteiger partial charge on any atom is 0.133 e. The van der Waals surface area contributed by atoms with Gasteiger partial charge in [0.1, 0.15) is 5.78 Å². The fourth-order valence-corrected chi connectivity index (χ4v) is 2.07. The van der Waals surface area contributed by atoms with Gasteiger partial charge in [-0.05, 0) is 25.7 Å². The first-order valence-electron chi connectivity index (χ1n) is 6.56. The van der Waals surface area contributed by atoms with Crippen molar-refractivity contribution >= 4 is 5.78 Å². The first-order valence-corrected chi connectivity index (χ1v) is 6.56. The number of ketones is 1. The maximum atomic E-state index is 11.4. The molecule has 0 aliphatic heterocycles. The second kappa shape index (κ2) is 8.70. The van der Waals surface area contributed by atoms with E-state index in [0.29, 0.717) is 5.78 Å². The van der Waals surface area contributed by atoms with Crippen LogP contribution in [0.4, 0.5) is 0 Å². The summed E-state index contributed by atoms with van der Waals surface area (Å²) in [4.78, 5) is 11.4. The summed E-state index contributed by atoms with van der Waals surface area (Å²) < 4.78 is 0. The van der Waals surface area contributed by atoms with Gasteiger partial charge in [0, 0.05) is 12.8 Å². The van der Waals surface area contributed by atoms with Gasteiger partial charge in [-0.25, -0.2) is 0 Å². The van der Waals surface area contributed by atoms with E-state index in [4.69, 9.17) is 0 Å². The van der Waals surface area contributed by atoms with Crippen molar-refractivity contribution in [3.63, 3.8) is 0 Å². The molecule has 86 valence electrons. The van der Waals surface area contributed by atoms with Crippen LogP contribution in [-0.4, -0.2) is 5.78 Å². The average molecular weight is 208 g/mol. The topological polar surface area (TPSA) is 17.1 Å². The highest BCUT2D eigenvalue weighted by Crippen LogP contribution is 2.12. The highest BCUT2D eigenvalue weighted by atomic mass is 16.1. The summed E-state index contributed by atoms with van der Waals surface area (Å²) in [5.74, 6) is 0.455. The lowest BCUT2D eigenvalue weighted by Crippen LogP contribution is -1.96. The van der Waals surface area contributed by atoms with Crippen LogP contribution in [0.3, 0.4) is 0 Å². The Hall–Kier alpha value is -0.590. The minimum atomic E-state index is 0.455. The Morgan fingerprint density at radius 3 is 2.07 bits per heavy atom. The molecule has 0 saturated carbocycles. The van der Waals surface area contributed by atoms with Crippen LogP contribution < -0.4 is 0 Å². The summed E-state index contributed by atoms with van der Waals surface area (Å²) in [6.45, 7) is 0. The lowest BCUT2D eigenvalue weighted by Gasteiger charge is -2.02. The lowest BCUT2D eigenvalue weighted by atomic mass is 10.0. The number of rotatable bonds is 0. The SMILES string of the molecule is O=C1CCC=CCCCCCCCCC1. The summed E-state index contributed by atoms with van der Waals surface area (Å²) in [7, 11) is 0. The zero-order valence-corrected chi connectivity index (χ0v) is 9.84. The predicted molar refractivity (Wildman–Crippen MR) is 64.9 cm³/mol. The van der Waals surface area contributed by atoms with E-state index >= 15 is 0 Å². The van der Waals surface area contributed by atoms with Crippen LogP contribution in [-0.2, 0) is 4.79 Å². The monoisotopic (exact) mass is 208 g/mol. The zero-order chi connectivity index (χ0) is 10.8. The molecule has 1 rings (SSSR count). The second-order valence-corrected chi connectivity index (χ2v) is 4.56. The Labute approximate surface area is 93.9 Å². The van der Waals surface area contributed by atoms with E-state index in [1.165, 1.54) is 44.9 Å². The summed E-state index contributed by atoms with van der Waals surface area (Å²) in [5.41, 5.74) is 0. The van der Waals surface area contributed by atoms with Gasteiger partial charge in [0.05, 0.1) is 0 Å². The largest absolute Gasteiger partial charge is 0.300 e. The zero-order valence-electron chi connectivity index (χ0n) is 9.84.